The maximum Gasteiger partial charge on any atom is 0.259 e. The Bertz CT molecular complexity index is 819. The lowest BCUT2D eigenvalue weighted by Gasteiger charge is -2.05. The number of nitrogens with one attached hydrogen (secondary N) is 1. The Balaban J connectivity index is 1.81. The second-order valence-corrected chi connectivity index (χ2v) is 5.29. The molecule has 0 atom stereocenters. The lowest BCUT2D eigenvalue weighted by atomic mass is 10.1. The summed E-state index contributed by atoms with van der Waals surface area (Å²) in [5.41, 5.74) is 7.11. The number of halogens is 1. The molecule has 0 aliphatic heterocycles. The molecule has 0 fully saturated rings. The number of nitrogens with zero attached hydrogens (tertiary/aromatic N) is 2. The zero-order valence-corrected chi connectivity index (χ0v) is 12.1. The molecule has 2 aromatic heterocycles. The van der Waals surface area contributed by atoms with Crippen LogP contribution in [0.2, 0.25) is 0 Å². The molecule has 3 N–H and O–H groups in total. The van der Waals surface area contributed by atoms with Crippen molar-refractivity contribution in [2.45, 2.75) is 0 Å². The SMILES string of the molecule is Nc1c(F)cccc1C(=O)Nc1nc(-c2ccncc2)cs1. The molecule has 2 heterocycles. The van der Waals surface area contributed by atoms with Gasteiger partial charge in [0, 0.05) is 23.3 Å². The summed E-state index contributed by atoms with van der Waals surface area (Å²) in [6.07, 6.45) is 3.33. The average molecular weight is 314 g/mol. The average Bonchev–Trinajstić information content (AvgIpc) is 2.99. The van der Waals surface area contributed by atoms with Gasteiger partial charge >= 0.3 is 0 Å². The van der Waals surface area contributed by atoms with Crippen molar-refractivity contribution in [2.75, 3.05) is 11.1 Å². The number of para-hydroxylation sites is 1. The summed E-state index contributed by atoms with van der Waals surface area (Å²) in [6.45, 7) is 0. The maximum atomic E-state index is 13.4. The van der Waals surface area contributed by atoms with E-state index >= 15 is 0 Å². The van der Waals surface area contributed by atoms with E-state index < -0.39 is 11.7 Å². The quantitative estimate of drug-likeness (QED) is 0.728. The van der Waals surface area contributed by atoms with Gasteiger partial charge in [0.05, 0.1) is 16.9 Å². The lowest BCUT2D eigenvalue weighted by Crippen LogP contribution is -2.14. The summed E-state index contributed by atoms with van der Waals surface area (Å²) < 4.78 is 13.4. The fourth-order valence-electron chi connectivity index (χ4n) is 1.89. The number of nitrogens with two attached hydrogens (primary N) is 1. The summed E-state index contributed by atoms with van der Waals surface area (Å²) in [7, 11) is 0. The molecule has 0 aliphatic rings. The molecule has 1 aromatic carbocycles. The van der Waals surface area contributed by atoms with Gasteiger partial charge in [0.2, 0.25) is 0 Å². The highest BCUT2D eigenvalue weighted by Crippen LogP contribution is 2.25. The Morgan fingerprint density at radius 3 is 2.77 bits per heavy atom. The number of nitrogen functional groups attached to an aromatic ring is 1. The molecule has 0 bridgehead atoms. The Morgan fingerprint density at radius 2 is 2.00 bits per heavy atom. The van der Waals surface area contributed by atoms with Crippen molar-refractivity contribution in [3.8, 4) is 11.3 Å². The number of amides is 1. The van der Waals surface area contributed by atoms with Crippen LogP contribution in [0.5, 0.6) is 0 Å². The minimum absolute atomic E-state index is 0.0839. The third-order valence-electron chi connectivity index (χ3n) is 3.00. The number of rotatable bonds is 3. The predicted molar refractivity (Wildman–Crippen MR) is 84.1 cm³/mol. The molecule has 0 radical (unpaired) electrons. The number of aromatic nitrogens is 2. The van der Waals surface area contributed by atoms with Crippen LogP contribution in [0.15, 0.2) is 48.1 Å². The molecule has 1 amide bonds. The first-order valence-corrected chi connectivity index (χ1v) is 7.24. The van der Waals surface area contributed by atoms with Crippen molar-refractivity contribution in [3.63, 3.8) is 0 Å². The fourth-order valence-corrected chi connectivity index (χ4v) is 2.60. The second kappa shape index (κ2) is 5.90. The first-order valence-electron chi connectivity index (χ1n) is 6.36. The van der Waals surface area contributed by atoms with Crippen LogP contribution >= 0.6 is 11.3 Å². The predicted octanol–water partition coefficient (Wildman–Crippen LogP) is 3.18. The van der Waals surface area contributed by atoms with Crippen molar-refractivity contribution < 1.29 is 9.18 Å². The standard InChI is InChI=1S/C15H11FN4OS/c16-11-3-1-2-10(13(11)17)14(21)20-15-19-12(8-22-15)9-4-6-18-7-5-9/h1-8H,17H2,(H,19,20,21). The highest BCUT2D eigenvalue weighted by Gasteiger charge is 2.14. The van der Waals surface area contributed by atoms with E-state index in [1.54, 1.807) is 12.4 Å². The van der Waals surface area contributed by atoms with Gasteiger partial charge in [0.1, 0.15) is 5.82 Å². The zero-order valence-electron chi connectivity index (χ0n) is 11.3. The Labute approximate surface area is 129 Å². The molecule has 0 saturated heterocycles. The summed E-state index contributed by atoms with van der Waals surface area (Å²) in [4.78, 5) is 20.4. The van der Waals surface area contributed by atoms with Crippen LogP contribution in [0.4, 0.5) is 15.2 Å². The van der Waals surface area contributed by atoms with E-state index in [1.165, 1.54) is 29.5 Å². The van der Waals surface area contributed by atoms with E-state index in [9.17, 15) is 9.18 Å². The number of hydrogen-bond donors (Lipinski definition) is 2. The molecule has 3 rings (SSSR count). The van der Waals surface area contributed by atoms with E-state index in [0.717, 1.165) is 11.3 Å². The molecule has 0 saturated carbocycles. The van der Waals surface area contributed by atoms with Crippen LogP contribution < -0.4 is 11.1 Å². The highest BCUT2D eigenvalue weighted by molar-refractivity contribution is 7.14. The molecule has 3 aromatic rings. The van der Waals surface area contributed by atoms with E-state index in [1.807, 2.05) is 17.5 Å². The number of hydrogen-bond acceptors (Lipinski definition) is 5. The second-order valence-electron chi connectivity index (χ2n) is 4.43. The summed E-state index contributed by atoms with van der Waals surface area (Å²) in [5.74, 6) is -1.11. The lowest BCUT2D eigenvalue weighted by molar-refractivity contribution is 0.102. The number of carbonyl (C=O) groups excluding carboxylic acids is 1. The van der Waals surface area contributed by atoms with Gasteiger partial charge in [-0.15, -0.1) is 11.3 Å². The zero-order chi connectivity index (χ0) is 15.5. The smallest absolute Gasteiger partial charge is 0.259 e. The number of anilines is 2. The van der Waals surface area contributed by atoms with Gasteiger partial charge in [-0.25, -0.2) is 9.37 Å². The Hall–Kier alpha value is -2.80. The van der Waals surface area contributed by atoms with Gasteiger partial charge in [0.25, 0.3) is 5.91 Å². The minimum atomic E-state index is -0.621. The number of thiazole rings is 1. The van der Waals surface area contributed by atoms with Crippen LogP contribution in [-0.2, 0) is 0 Å². The largest absolute Gasteiger partial charge is 0.396 e. The van der Waals surface area contributed by atoms with E-state index in [2.05, 4.69) is 15.3 Å². The molecule has 110 valence electrons. The van der Waals surface area contributed by atoms with Crippen LogP contribution in [-0.4, -0.2) is 15.9 Å². The molecule has 5 nitrogen and oxygen atoms in total. The van der Waals surface area contributed by atoms with Crippen molar-refractivity contribution in [3.05, 3.63) is 59.5 Å². The van der Waals surface area contributed by atoms with Crippen LogP contribution in [0.1, 0.15) is 10.4 Å². The number of benzene rings is 1. The van der Waals surface area contributed by atoms with E-state index in [4.69, 9.17) is 5.73 Å². The number of carbonyl (C=O) groups is 1. The first kappa shape index (κ1) is 14.2. The van der Waals surface area contributed by atoms with Gasteiger partial charge in [-0.1, -0.05) is 6.07 Å². The maximum absolute atomic E-state index is 13.4. The first-order chi connectivity index (χ1) is 10.6. The Kier molecular flexibility index (Phi) is 3.80. The van der Waals surface area contributed by atoms with Gasteiger partial charge in [0.15, 0.2) is 5.13 Å². The van der Waals surface area contributed by atoms with Crippen molar-refractivity contribution in [1.82, 2.24) is 9.97 Å². The molecule has 0 aliphatic carbocycles. The third kappa shape index (κ3) is 2.79. The Morgan fingerprint density at radius 1 is 1.23 bits per heavy atom. The fraction of sp³-hybridized carbons (Fsp3) is 0. The van der Waals surface area contributed by atoms with Crippen LogP contribution in [0.3, 0.4) is 0 Å². The molecule has 7 heteroatoms. The highest BCUT2D eigenvalue weighted by atomic mass is 32.1. The molecule has 22 heavy (non-hydrogen) atoms. The van der Waals surface area contributed by atoms with Gasteiger partial charge in [-0.2, -0.15) is 0 Å². The van der Waals surface area contributed by atoms with E-state index in [0.29, 0.717) is 5.13 Å². The van der Waals surface area contributed by atoms with Crippen molar-refractivity contribution in [1.29, 1.82) is 0 Å². The third-order valence-corrected chi connectivity index (χ3v) is 3.76. The van der Waals surface area contributed by atoms with E-state index in [-0.39, 0.29) is 11.3 Å². The van der Waals surface area contributed by atoms with Crippen LogP contribution in [0, 0.1) is 5.82 Å². The summed E-state index contributed by atoms with van der Waals surface area (Å²) in [6, 6.07) is 7.75. The minimum Gasteiger partial charge on any atom is -0.396 e. The normalized spacial score (nSPS) is 10.4. The molecule has 0 spiro atoms. The monoisotopic (exact) mass is 314 g/mol. The summed E-state index contributed by atoms with van der Waals surface area (Å²) in [5, 5.41) is 4.86. The molecular weight excluding hydrogens is 303 g/mol. The molecule has 0 unspecified atom stereocenters. The molecular formula is C15H11FN4OS. The van der Waals surface area contributed by atoms with Gasteiger partial charge < -0.3 is 5.73 Å². The van der Waals surface area contributed by atoms with Gasteiger partial charge in [-0.05, 0) is 24.3 Å². The van der Waals surface area contributed by atoms with Gasteiger partial charge in [-0.3, -0.25) is 15.1 Å². The van der Waals surface area contributed by atoms with Crippen molar-refractivity contribution in [2.24, 2.45) is 0 Å². The van der Waals surface area contributed by atoms with Crippen molar-refractivity contribution >= 4 is 28.1 Å². The summed E-state index contributed by atoms with van der Waals surface area (Å²) >= 11 is 1.28. The topological polar surface area (TPSA) is 80.9 Å². The number of pyridine rings is 1. The van der Waals surface area contributed by atoms with Crippen LogP contribution in [0.25, 0.3) is 11.3 Å².